The fraction of sp³-hybridized carbons (Fsp3) is 0.571. The molecule has 4 nitrogen and oxygen atoms in total. The average Bonchev–Trinajstić information content (AvgIpc) is 2.23. The molecule has 1 amide bonds. The number of rotatable bonds is 3. The molecule has 0 aromatic carbocycles. The molecule has 18 heavy (non-hydrogen) atoms. The van der Waals surface area contributed by atoms with Crippen LogP contribution in [0.4, 0.5) is 4.79 Å². The molecule has 0 radical (unpaired) electrons. The minimum absolute atomic E-state index is 0.112. The summed E-state index contributed by atoms with van der Waals surface area (Å²) in [5.74, 6) is 0.582. The zero-order valence-corrected chi connectivity index (χ0v) is 12.0. The minimum atomic E-state index is -0.311. The van der Waals surface area contributed by atoms with E-state index in [0.29, 0.717) is 5.75 Å². The summed E-state index contributed by atoms with van der Waals surface area (Å²) >= 11 is 0. The van der Waals surface area contributed by atoms with Crippen LogP contribution in [-0.4, -0.2) is 28.1 Å². The van der Waals surface area contributed by atoms with Gasteiger partial charge in [0.15, 0.2) is 0 Å². The van der Waals surface area contributed by atoms with E-state index in [1.807, 2.05) is 41.5 Å². The van der Waals surface area contributed by atoms with E-state index in [9.17, 15) is 4.79 Å². The van der Waals surface area contributed by atoms with E-state index in [0.717, 1.165) is 11.3 Å². The lowest BCUT2D eigenvalue weighted by Gasteiger charge is -2.29. The third kappa shape index (κ3) is 3.22. The number of carbonyl (C=O) groups is 1. The Hall–Kier alpha value is -1.58. The molecule has 0 fully saturated rings. The maximum absolute atomic E-state index is 12.1. The minimum Gasteiger partial charge on any atom is -0.410 e. The van der Waals surface area contributed by atoms with Crippen molar-refractivity contribution in [3.05, 3.63) is 23.5 Å². The lowest BCUT2D eigenvalue weighted by Crippen LogP contribution is -2.43. The molecule has 0 saturated heterocycles. The molecule has 0 aliphatic heterocycles. The first-order valence-electron chi connectivity index (χ1n) is 6.27. The third-order valence-corrected chi connectivity index (χ3v) is 2.93. The molecule has 0 aliphatic rings. The molecule has 0 bridgehead atoms. The van der Waals surface area contributed by atoms with E-state index in [4.69, 9.17) is 4.74 Å². The number of nitrogens with zero attached hydrogens (tertiary/aromatic N) is 2. The van der Waals surface area contributed by atoms with Gasteiger partial charge in [0.05, 0.1) is 0 Å². The molecule has 1 aromatic rings. The van der Waals surface area contributed by atoms with Gasteiger partial charge in [-0.1, -0.05) is 0 Å². The fourth-order valence-corrected chi connectivity index (χ4v) is 1.89. The van der Waals surface area contributed by atoms with Gasteiger partial charge in [-0.05, 0) is 47.6 Å². The molecule has 1 rings (SSSR count). The number of aromatic nitrogens is 1. The Labute approximate surface area is 109 Å². The quantitative estimate of drug-likeness (QED) is 0.826. The van der Waals surface area contributed by atoms with Crippen molar-refractivity contribution < 1.29 is 9.53 Å². The van der Waals surface area contributed by atoms with Crippen molar-refractivity contribution in [2.45, 2.75) is 53.6 Å². The van der Waals surface area contributed by atoms with Crippen molar-refractivity contribution in [1.82, 2.24) is 9.88 Å². The highest BCUT2D eigenvalue weighted by molar-refractivity contribution is 5.71. The normalized spacial score (nSPS) is 10.9. The summed E-state index contributed by atoms with van der Waals surface area (Å²) in [5.41, 5.74) is 1.78. The Balaban J connectivity index is 2.90. The van der Waals surface area contributed by atoms with Gasteiger partial charge < -0.3 is 9.64 Å². The molecule has 0 unspecified atom stereocenters. The second-order valence-corrected chi connectivity index (χ2v) is 4.98. The Kier molecular flexibility index (Phi) is 4.70. The summed E-state index contributed by atoms with van der Waals surface area (Å²) in [6, 6.07) is 1.94. The molecule has 0 spiro atoms. The smallest absolute Gasteiger partial charge is 0.410 e. The number of amides is 1. The fourth-order valence-electron chi connectivity index (χ4n) is 1.89. The lowest BCUT2D eigenvalue weighted by atomic mass is 10.2. The predicted molar refractivity (Wildman–Crippen MR) is 71.8 cm³/mol. The Morgan fingerprint density at radius 2 is 1.78 bits per heavy atom. The van der Waals surface area contributed by atoms with Crippen LogP contribution in [0.25, 0.3) is 0 Å². The molecule has 0 N–H and O–H groups in total. The second kappa shape index (κ2) is 5.85. The van der Waals surface area contributed by atoms with Crippen molar-refractivity contribution in [3.8, 4) is 5.75 Å². The number of hydrogen-bond donors (Lipinski definition) is 0. The van der Waals surface area contributed by atoms with Gasteiger partial charge in [-0.15, -0.1) is 0 Å². The number of pyridine rings is 1. The summed E-state index contributed by atoms with van der Waals surface area (Å²) in [6.45, 7) is 11.7. The third-order valence-electron chi connectivity index (χ3n) is 2.93. The molecular weight excluding hydrogens is 228 g/mol. The maximum Gasteiger partial charge on any atom is 0.415 e. The van der Waals surface area contributed by atoms with Gasteiger partial charge in [0, 0.05) is 29.5 Å². The standard InChI is InChI=1S/C14H22N2O2/c1-9(2)16(10(3)4)14(17)18-13-7-8-15-12(6)11(13)5/h7-10H,1-6H3. The van der Waals surface area contributed by atoms with Gasteiger partial charge in [-0.3, -0.25) is 4.98 Å². The predicted octanol–water partition coefficient (Wildman–Crippen LogP) is 3.32. The van der Waals surface area contributed by atoms with Gasteiger partial charge in [0.1, 0.15) is 5.75 Å². The Bertz CT molecular complexity index is 420. The summed E-state index contributed by atoms with van der Waals surface area (Å²) in [5, 5.41) is 0. The van der Waals surface area contributed by atoms with Crippen LogP contribution >= 0.6 is 0 Å². The van der Waals surface area contributed by atoms with E-state index in [1.54, 1.807) is 17.2 Å². The van der Waals surface area contributed by atoms with Crippen LogP contribution < -0.4 is 4.74 Å². The van der Waals surface area contributed by atoms with Gasteiger partial charge in [0.25, 0.3) is 0 Å². The Morgan fingerprint density at radius 1 is 1.22 bits per heavy atom. The van der Waals surface area contributed by atoms with E-state index in [2.05, 4.69) is 4.98 Å². The first-order valence-corrected chi connectivity index (χ1v) is 6.27. The number of hydrogen-bond acceptors (Lipinski definition) is 3. The van der Waals surface area contributed by atoms with E-state index in [1.165, 1.54) is 0 Å². The summed E-state index contributed by atoms with van der Waals surface area (Å²) < 4.78 is 5.46. The van der Waals surface area contributed by atoms with Crippen LogP contribution in [0.15, 0.2) is 12.3 Å². The highest BCUT2D eigenvalue weighted by Gasteiger charge is 2.22. The van der Waals surface area contributed by atoms with Crippen molar-refractivity contribution in [2.24, 2.45) is 0 Å². The second-order valence-electron chi connectivity index (χ2n) is 4.98. The van der Waals surface area contributed by atoms with Crippen molar-refractivity contribution in [2.75, 3.05) is 0 Å². The van der Waals surface area contributed by atoms with Crippen LogP contribution in [-0.2, 0) is 0 Å². The van der Waals surface area contributed by atoms with Gasteiger partial charge in [-0.2, -0.15) is 0 Å². The van der Waals surface area contributed by atoms with E-state index >= 15 is 0 Å². The number of aryl methyl sites for hydroxylation is 1. The van der Waals surface area contributed by atoms with Crippen molar-refractivity contribution in [3.63, 3.8) is 0 Å². The van der Waals surface area contributed by atoms with Gasteiger partial charge in [-0.25, -0.2) is 4.79 Å². The lowest BCUT2D eigenvalue weighted by molar-refractivity contribution is 0.122. The van der Waals surface area contributed by atoms with Crippen molar-refractivity contribution in [1.29, 1.82) is 0 Å². The molecule has 0 saturated carbocycles. The summed E-state index contributed by atoms with van der Waals surface area (Å²) in [4.78, 5) is 18.0. The van der Waals surface area contributed by atoms with Crippen LogP contribution in [0.1, 0.15) is 39.0 Å². The molecule has 4 heteroatoms. The Morgan fingerprint density at radius 3 is 2.28 bits per heavy atom. The van der Waals surface area contributed by atoms with Crippen LogP contribution in [0.5, 0.6) is 5.75 Å². The first kappa shape index (κ1) is 14.5. The first-order chi connectivity index (χ1) is 8.34. The van der Waals surface area contributed by atoms with Crippen LogP contribution in [0.3, 0.4) is 0 Å². The molecule has 0 atom stereocenters. The number of carbonyl (C=O) groups excluding carboxylic acids is 1. The van der Waals surface area contributed by atoms with Crippen LogP contribution in [0.2, 0.25) is 0 Å². The van der Waals surface area contributed by atoms with Gasteiger partial charge in [0.2, 0.25) is 0 Å². The highest BCUT2D eigenvalue weighted by atomic mass is 16.6. The maximum atomic E-state index is 12.1. The van der Waals surface area contributed by atoms with E-state index < -0.39 is 0 Å². The topological polar surface area (TPSA) is 42.4 Å². The average molecular weight is 250 g/mol. The molecule has 1 heterocycles. The van der Waals surface area contributed by atoms with Gasteiger partial charge >= 0.3 is 6.09 Å². The molecule has 1 aromatic heterocycles. The summed E-state index contributed by atoms with van der Waals surface area (Å²) in [6.07, 6.45) is 1.34. The number of ether oxygens (including phenoxy) is 1. The SMILES string of the molecule is Cc1nccc(OC(=O)N(C(C)C)C(C)C)c1C. The molecule has 0 aliphatic carbocycles. The van der Waals surface area contributed by atoms with Crippen LogP contribution in [0, 0.1) is 13.8 Å². The zero-order valence-electron chi connectivity index (χ0n) is 12.0. The molecular formula is C14H22N2O2. The van der Waals surface area contributed by atoms with E-state index in [-0.39, 0.29) is 18.2 Å². The molecule has 100 valence electrons. The van der Waals surface area contributed by atoms with Crippen molar-refractivity contribution >= 4 is 6.09 Å². The highest BCUT2D eigenvalue weighted by Crippen LogP contribution is 2.20. The zero-order chi connectivity index (χ0) is 13.9. The monoisotopic (exact) mass is 250 g/mol. The largest absolute Gasteiger partial charge is 0.415 e. The summed E-state index contributed by atoms with van der Waals surface area (Å²) in [7, 11) is 0.